The van der Waals surface area contributed by atoms with Crippen molar-refractivity contribution in [3.63, 3.8) is 0 Å². The third-order valence-electron chi connectivity index (χ3n) is 1.90. The van der Waals surface area contributed by atoms with Crippen molar-refractivity contribution in [1.82, 2.24) is 0 Å². The predicted molar refractivity (Wildman–Crippen MR) is 55.7 cm³/mol. The molecule has 0 fully saturated rings. The Morgan fingerprint density at radius 1 is 1.64 bits per heavy atom. The van der Waals surface area contributed by atoms with Crippen LogP contribution in [0.5, 0.6) is 0 Å². The number of hydrogen-bond acceptors (Lipinski definition) is 4. The maximum atomic E-state index is 8.85. The summed E-state index contributed by atoms with van der Waals surface area (Å²) in [6.07, 6.45) is 0. The van der Waals surface area contributed by atoms with E-state index in [1.807, 2.05) is 13.0 Å². The SMILES string of the molecule is CC(CO)Nc1cccc(C#N)c1N. The maximum absolute atomic E-state index is 8.85. The first kappa shape index (κ1) is 10.4. The van der Waals surface area contributed by atoms with Crippen molar-refractivity contribution in [3.8, 4) is 6.07 Å². The zero-order valence-electron chi connectivity index (χ0n) is 7.99. The molecule has 4 N–H and O–H groups in total. The smallest absolute Gasteiger partial charge is 0.101 e. The minimum Gasteiger partial charge on any atom is -0.396 e. The van der Waals surface area contributed by atoms with Crippen LogP contribution < -0.4 is 11.1 Å². The van der Waals surface area contributed by atoms with Crippen LogP contribution in [-0.4, -0.2) is 17.8 Å². The molecular formula is C10H13N3O. The minimum atomic E-state index is -0.0776. The van der Waals surface area contributed by atoms with E-state index in [9.17, 15) is 0 Å². The number of aliphatic hydroxyl groups excluding tert-OH is 1. The summed E-state index contributed by atoms with van der Waals surface area (Å²) in [7, 11) is 0. The largest absolute Gasteiger partial charge is 0.396 e. The lowest BCUT2D eigenvalue weighted by Gasteiger charge is -2.14. The molecule has 1 aromatic carbocycles. The molecule has 1 rings (SSSR count). The van der Waals surface area contributed by atoms with Crippen molar-refractivity contribution >= 4 is 11.4 Å². The predicted octanol–water partition coefficient (Wildman–Crippen LogP) is 0.933. The van der Waals surface area contributed by atoms with E-state index in [1.54, 1.807) is 18.2 Å². The highest BCUT2D eigenvalue weighted by Crippen LogP contribution is 2.22. The highest BCUT2D eigenvalue weighted by atomic mass is 16.3. The van der Waals surface area contributed by atoms with E-state index in [0.717, 1.165) is 0 Å². The van der Waals surface area contributed by atoms with Gasteiger partial charge in [-0.3, -0.25) is 0 Å². The van der Waals surface area contributed by atoms with Gasteiger partial charge in [0.2, 0.25) is 0 Å². The zero-order valence-corrected chi connectivity index (χ0v) is 7.99. The molecule has 0 aliphatic heterocycles. The number of nitrogen functional groups attached to an aromatic ring is 1. The van der Waals surface area contributed by atoms with Crippen molar-refractivity contribution < 1.29 is 5.11 Å². The number of nitrogens with two attached hydrogens (primary N) is 1. The van der Waals surface area contributed by atoms with Gasteiger partial charge in [-0.2, -0.15) is 5.26 Å². The van der Waals surface area contributed by atoms with E-state index in [4.69, 9.17) is 16.1 Å². The molecule has 0 aliphatic carbocycles. The second kappa shape index (κ2) is 4.49. The molecule has 0 saturated heterocycles. The fourth-order valence-electron chi connectivity index (χ4n) is 1.10. The molecule has 0 saturated carbocycles. The Morgan fingerprint density at radius 3 is 2.93 bits per heavy atom. The van der Waals surface area contributed by atoms with Gasteiger partial charge in [0.1, 0.15) is 6.07 Å². The fourth-order valence-corrected chi connectivity index (χ4v) is 1.10. The summed E-state index contributed by atoms with van der Waals surface area (Å²) in [4.78, 5) is 0. The summed E-state index contributed by atoms with van der Waals surface area (Å²) < 4.78 is 0. The quantitative estimate of drug-likeness (QED) is 0.621. The highest BCUT2D eigenvalue weighted by molar-refractivity contribution is 5.73. The van der Waals surface area contributed by atoms with E-state index in [0.29, 0.717) is 16.9 Å². The maximum Gasteiger partial charge on any atom is 0.101 e. The van der Waals surface area contributed by atoms with Gasteiger partial charge in [0.05, 0.1) is 23.5 Å². The van der Waals surface area contributed by atoms with E-state index in [-0.39, 0.29) is 12.6 Å². The van der Waals surface area contributed by atoms with Gasteiger partial charge in [-0.05, 0) is 19.1 Å². The summed E-state index contributed by atoms with van der Waals surface area (Å²) in [6, 6.07) is 7.11. The third-order valence-corrected chi connectivity index (χ3v) is 1.90. The van der Waals surface area contributed by atoms with Crippen LogP contribution in [0.25, 0.3) is 0 Å². The molecule has 0 heterocycles. The van der Waals surface area contributed by atoms with Crippen molar-refractivity contribution in [3.05, 3.63) is 23.8 Å². The van der Waals surface area contributed by atoms with Gasteiger partial charge in [0.15, 0.2) is 0 Å². The van der Waals surface area contributed by atoms with Gasteiger partial charge < -0.3 is 16.2 Å². The number of nitrogens with zero attached hydrogens (tertiary/aromatic N) is 1. The van der Waals surface area contributed by atoms with Crippen LogP contribution in [0.2, 0.25) is 0 Å². The summed E-state index contributed by atoms with van der Waals surface area (Å²) in [5.41, 5.74) is 7.29. The van der Waals surface area contributed by atoms with E-state index < -0.39 is 0 Å². The van der Waals surface area contributed by atoms with Crippen LogP contribution in [-0.2, 0) is 0 Å². The molecule has 0 amide bonds. The van der Waals surface area contributed by atoms with E-state index in [1.165, 1.54) is 0 Å². The number of aliphatic hydroxyl groups is 1. The first-order valence-electron chi connectivity index (χ1n) is 4.35. The molecule has 14 heavy (non-hydrogen) atoms. The van der Waals surface area contributed by atoms with E-state index >= 15 is 0 Å². The van der Waals surface area contributed by atoms with Gasteiger partial charge in [-0.1, -0.05) is 6.07 Å². The molecule has 0 radical (unpaired) electrons. The van der Waals surface area contributed by atoms with Gasteiger partial charge >= 0.3 is 0 Å². The Balaban J connectivity index is 2.94. The Kier molecular flexibility index (Phi) is 3.32. The topological polar surface area (TPSA) is 82.1 Å². The second-order valence-electron chi connectivity index (χ2n) is 3.11. The van der Waals surface area contributed by atoms with Crippen molar-refractivity contribution in [2.45, 2.75) is 13.0 Å². The van der Waals surface area contributed by atoms with Crippen LogP contribution in [0, 0.1) is 11.3 Å². The molecule has 0 aromatic heterocycles. The molecule has 4 nitrogen and oxygen atoms in total. The number of nitriles is 1. The lowest BCUT2D eigenvalue weighted by Crippen LogP contribution is -2.20. The van der Waals surface area contributed by atoms with Crippen molar-refractivity contribution in [2.75, 3.05) is 17.7 Å². The first-order valence-corrected chi connectivity index (χ1v) is 4.35. The van der Waals surface area contributed by atoms with Crippen molar-refractivity contribution in [1.29, 1.82) is 5.26 Å². The standard InChI is InChI=1S/C10H13N3O/c1-7(6-14)13-9-4-2-3-8(5-11)10(9)12/h2-4,7,13-14H,6,12H2,1H3. The molecule has 1 unspecified atom stereocenters. The van der Waals surface area contributed by atoms with Gasteiger partial charge in [-0.25, -0.2) is 0 Å². The monoisotopic (exact) mass is 191 g/mol. The van der Waals surface area contributed by atoms with Gasteiger partial charge in [-0.15, -0.1) is 0 Å². The average Bonchev–Trinajstić information content (AvgIpc) is 2.21. The lowest BCUT2D eigenvalue weighted by atomic mass is 10.1. The Hall–Kier alpha value is -1.73. The Bertz CT molecular complexity index is 357. The summed E-state index contributed by atoms with van der Waals surface area (Å²) in [5.74, 6) is 0. The Labute approximate surface area is 83.0 Å². The Morgan fingerprint density at radius 2 is 2.36 bits per heavy atom. The summed E-state index contributed by atoms with van der Waals surface area (Å²) in [5, 5.41) is 20.6. The lowest BCUT2D eigenvalue weighted by molar-refractivity contribution is 0.281. The van der Waals surface area contributed by atoms with Crippen LogP contribution in [0.3, 0.4) is 0 Å². The van der Waals surface area contributed by atoms with Crippen molar-refractivity contribution in [2.24, 2.45) is 0 Å². The molecular weight excluding hydrogens is 178 g/mol. The van der Waals surface area contributed by atoms with Crippen LogP contribution in [0.4, 0.5) is 11.4 Å². The van der Waals surface area contributed by atoms with Crippen LogP contribution >= 0.6 is 0 Å². The molecule has 74 valence electrons. The molecule has 0 spiro atoms. The second-order valence-corrected chi connectivity index (χ2v) is 3.11. The van der Waals surface area contributed by atoms with E-state index in [2.05, 4.69) is 5.32 Å². The highest BCUT2D eigenvalue weighted by Gasteiger charge is 2.06. The summed E-state index contributed by atoms with van der Waals surface area (Å²) in [6.45, 7) is 1.86. The number of hydrogen-bond donors (Lipinski definition) is 3. The number of benzene rings is 1. The molecule has 1 aromatic rings. The zero-order chi connectivity index (χ0) is 10.6. The van der Waals surface area contributed by atoms with Gasteiger partial charge in [0, 0.05) is 6.04 Å². The van der Waals surface area contributed by atoms with Crippen LogP contribution in [0.1, 0.15) is 12.5 Å². The minimum absolute atomic E-state index is 0.0240. The first-order chi connectivity index (χ1) is 6.69. The number of nitrogens with one attached hydrogen (secondary N) is 1. The summed E-state index contributed by atoms with van der Waals surface area (Å²) >= 11 is 0. The average molecular weight is 191 g/mol. The van der Waals surface area contributed by atoms with Gasteiger partial charge in [0.25, 0.3) is 0 Å². The molecule has 1 atom stereocenters. The molecule has 4 heteroatoms. The molecule has 0 bridgehead atoms. The number of rotatable bonds is 3. The number of anilines is 2. The fraction of sp³-hybridized carbons (Fsp3) is 0.300. The van der Waals surface area contributed by atoms with Crippen LogP contribution in [0.15, 0.2) is 18.2 Å². The third kappa shape index (κ3) is 2.15. The molecule has 0 aliphatic rings. The normalized spacial score (nSPS) is 11.8. The number of para-hydroxylation sites is 1.